The maximum Gasteiger partial charge on any atom is 0.252 e. The highest BCUT2D eigenvalue weighted by atomic mass is 32.2. The first-order valence-electron chi connectivity index (χ1n) is 11.4. The number of aromatic nitrogens is 2. The number of anilines is 1. The van der Waals surface area contributed by atoms with Crippen molar-refractivity contribution in [2.75, 3.05) is 18.0 Å². The van der Waals surface area contributed by atoms with Crippen LogP contribution in [0.2, 0.25) is 0 Å². The molecule has 0 spiro atoms. The van der Waals surface area contributed by atoms with Crippen molar-refractivity contribution in [3.05, 3.63) is 70.9 Å². The van der Waals surface area contributed by atoms with Crippen LogP contribution in [0.1, 0.15) is 29.5 Å². The summed E-state index contributed by atoms with van der Waals surface area (Å²) in [6, 6.07) is 11.3. The predicted octanol–water partition coefficient (Wildman–Crippen LogP) is 5.00. The van der Waals surface area contributed by atoms with Crippen molar-refractivity contribution in [1.82, 2.24) is 14.3 Å². The monoisotopic (exact) mass is 526 g/mol. The number of hydrogen-bond donors (Lipinski definition) is 0. The summed E-state index contributed by atoms with van der Waals surface area (Å²) in [4.78, 5) is 24.7. The second-order valence-electron chi connectivity index (χ2n) is 8.84. The van der Waals surface area contributed by atoms with Crippen molar-refractivity contribution in [2.45, 2.75) is 37.4 Å². The summed E-state index contributed by atoms with van der Waals surface area (Å²) in [5, 5.41) is 2.38. The zero-order valence-electron chi connectivity index (χ0n) is 19.5. The van der Waals surface area contributed by atoms with Gasteiger partial charge in [0, 0.05) is 25.5 Å². The van der Waals surface area contributed by atoms with Crippen molar-refractivity contribution in [1.29, 1.82) is 0 Å². The van der Waals surface area contributed by atoms with Crippen LogP contribution in [0.5, 0.6) is 0 Å². The van der Waals surface area contributed by atoms with Gasteiger partial charge in [-0.3, -0.25) is 14.7 Å². The molecule has 182 valence electrons. The average Bonchev–Trinajstić information content (AvgIpc) is 3.54. The molecule has 1 amide bonds. The maximum absolute atomic E-state index is 13.9. The van der Waals surface area contributed by atoms with Gasteiger partial charge in [0.25, 0.3) is 10.0 Å². The van der Waals surface area contributed by atoms with E-state index < -0.39 is 15.9 Å². The number of amides is 1. The normalized spacial score (nSPS) is 17.0. The number of aryl methyl sites for hydroxylation is 2. The van der Waals surface area contributed by atoms with Crippen LogP contribution in [0.3, 0.4) is 0 Å². The van der Waals surface area contributed by atoms with Crippen LogP contribution in [0, 0.1) is 19.8 Å². The van der Waals surface area contributed by atoms with E-state index in [1.165, 1.54) is 27.0 Å². The number of carbonyl (C=O) groups excluding carboxylic acids is 1. The van der Waals surface area contributed by atoms with Gasteiger partial charge in [-0.2, -0.15) is 4.31 Å². The molecule has 1 atom stereocenters. The largest absolute Gasteiger partial charge is 0.283 e. The highest BCUT2D eigenvalue weighted by molar-refractivity contribution is 7.91. The van der Waals surface area contributed by atoms with Crippen LogP contribution in [-0.2, 0) is 21.4 Å². The Kier molecular flexibility index (Phi) is 6.71. The highest BCUT2D eigenvalue weighted by Gasteiger charge is 2.36. The highest BCUT2D eigenvalue weighted by Crippen LogP contribution is 2.35. The molecule has 1 saturated heterocycles. The number of benzene rings is 1. The minimum atomic E-state index is -3.61. The number of thiazole rings is 1. The second-order valence-corrected chi connectivity index (χ2v) is 13.0. The van der Waals surface area contributed by atoms with Crippen molar-refractivity contribution in [3.8, 4) is 0 Å². The molecular weight excluding hydrogens is 501 g/mol. The smallest absolute Gasteiger partial charge is 0.252 e. The summed E-state index contributed by atoms with van der Waals surface area (Å²) >= 11 is 2.70. The Bertz CT molecular complexity index is 1450. The first kappa shape index (κ1) is 24.1. The van der Waals surface area contributed by atoms with E-state index in [1.807, 2.05) is 19.1 Å². The van der Waals surface area contributed by atoms with Crippen LogP contribution in [0.4, 0.5) is 5.13 Å². The number of carbonyl (C=O) groups is 1. The Morgan fingerprint density at radius 1 is 1.23 bits per heavy atom. The number of thiophene rings is 1. The minimum absolute atomic E-state index is 0.103. The molecule has 0 bridgehead atoms. The molecule has 1 unspecified atom stereocenters. The lowest BCUT2D eigenvalue weighted by Gasteiger charge is -2.33. The summed E-state index contributed by atoms with van der Waals surface area (Å²) in [6.45, 7) is 5.01. The summed E-state index contributed by atoms with van der Waals surface area (Å²) in [5.41, 5.74) is 4.01. The molecule has 1 aromatic carbocycles. The minimum Gasteiger partial charge on any atom is -0.283 e. The number of piperidine rings is 1. The molecule has 7 nitrogen and oxygen atoms in total. The van der Waals surface area contributed by atoms with Crippen LogP contribution >= 0.6 is 22.7 Å². The summed E-state index contributed by atoms with van der Waals surface area (Å²) < 4.78 is 29.1. The fourth-order valence-electron chi connectivity index (χ4n) is 4.51. The Morgan fingerprint density at radius 3 is 2.83 bits per heavy atom. The summed E-state index contributed by atoms with van der Waals surface area (Å²) in [5.74, 6) is -0.543. The zero-order valence-corrected chi connectivity index (χ0v) is 22.0. The molecule has 35 heavy (non-hydrogen) atoms. The average molecular weight is 527 g/mol. The van der Waals surface area contributed by atoms with E-state index in [-0.39, 0.29) is 12.5 Å². The van der Waals surface area contributed by atoms with Crippen LogP contribution in [-0.4, -0.2) is 41.7 Å². The van der Waals surface area contributed by atoms with Crippen LogP contribution in [0.25, 0.3) is 10.2 Å². The molecular formula is C25H26N4O3S3. The number of pyridine rings is 1. The third kappa shape index (κ3) is 4.88. The topological polar surface area (TPSA) is 83.5 Å². The predicted molar refractivity (Wildman–Crippen MR) is 140 cm³/mol. The van der Waals surface area contributed by atoms with Crippen molar-refractivity contribution in [3.63, 3.8) is 0 Å². The van der Waals surface area contributed by atoms with Crippen molar-refractivity contribution in [2.24, 2.45) is 5.92 Å². The van der Waals surface area contributed by atoms with Gasteiger partial charge in [0.2, 0.25) is 5.91 Å². The third-order valence-corrected chi connectivity index (χ3v) is 10.5. The lowest BCUT2D eigenvalue weighted by atomic mass is 9.98. The fraction of sp³-hybridized carbons (Fsp3) is 0.320. The third-order valence-electron chi connectivity index (χ3n) is 6.20. The van der Waals surface area contributed by atoms with Gasteiger partial charge in [-0.05, 0) is 67.0 Å². The standard InChI is InChI=1S/C25H26N4O3S3/c1-17-12-18(2)23-21(13-17)34-25(27-23)29(15-19-6-3-9-26-14-19)24(30)20-7-4-10-28(16-20)35(31,32)22-8-5-11-33-22/h3,5-6,8-9,11-14,20H,4,7,10,15-16H2,1-2H3. The first-order valence-corrected chi connectivity index (χ1v) is 14.6. The molecule has 1 fully saturated rings. The van der Waals surface area contributed by atoms with Gasteiger partial charge >= 0.3 is 0 Å². The van der Waals surface area contributed by atoms with Crippen LogP contribution < -0.4 is 4.90 Å². The van der Waals surface area contributed by atoms with Gasteiger partial charge in [-0.1, -0.05) is 29.5 Å². The van der Waals surface area contributed by atoms with Gasteiger partial charge in [-0.15, -0.1) is 11.3 Å². The van der Waals surface area contributed by atoms with Gasteiger partial charge in [0.05, 0.1) is 22.7 Å². The van der Waals surface area contributed by atoms with Crippen molar-refractivity contribution < 1.29 is 13.2 Å². The maximum atomic E-state index is 13.9. The first-order chi connectivity index (χ1) is 16.8. The number of hydrogen-bond acceptors (Lipinski definition) is 7. The lowest BCUT2D eigenvalue weighted by molar-refractivity contribution is -0.123. The fourth-order valence-corrected chi connectivity index (χ4v) is 8.32. The molecule has 10 heteroatoms. The van der Waals surface area contributed by atoms with E-state index in [2.05, 4.69) is 24.0 Å². The van der Waals surface area contributed by atoms with E-state index in [0.717, 1.165) is 26.9 Å². The van der Waals surface area contributed by atoms with E-state index in [4.69, 9.17) is 4.98 Å². The van der Waals surface area contributed by atoms with Gasteiger partial charge in [0.15, 0.2) is 5.13 Å². The number of nitrogens with zero attached hydrogens (tertiary/aromatic N) is 4. The Morgan fingerprint density at radius 2 is 2.09 bits per heavy atom. The molecule has 0 radical (unpaired) electrons. The number of rotatable bonds is 6. The Hall–Kier alpha value is -2.66. The zero-order chi connectivity index (χ0) is 24.6. The van der Waals surface area contributed by atoms with Gasteiger partial charge in [-0.25, -0.2) is 13.4 Å². The summed E-state index contributed by atoms with van der Waals surface area (Å²) in [6.07, 6.45) is 4.73. The Labute approximate surface area is 213 Å². The molecule has 0 aliphatic carbocycles. The second kappa shape index (κ2) is 9.77. The molecule has 3 aromatic heterocycles. The molecule has 5 rings (SSSR count). The van der Waals surface area contributed by atoms with Crippen molar-refractivity contribution >= 4 is 54.0 Å². The van der Waals surface area contributed by atoms with E-state index >= 15 is 0 Å². The molecule has 1 aliphatic heterocycles. The number of fused-ring (bicyclic) bond motifs is 1. The van der Waals surface area contributed by atoms with Gasteiger partial charge < -0.3 is 0 Å². The molecule has 0 N–H and O–H groups in total. The molecule has 4 aromatic rings. The molecule has 0 saturated carbocycles. The Balaban J connectivity index is 1.48. The van der Waals surface area contributed by atoms with E-state index in [1.54, 1.807) is 34.8 Å². The van der Waals surface area contributed by atoms with Gasteiger partial charge in [0.1, 0.15) is 4.21 Å². The summed E-state index contributed by atoms with van der Waals surface area (Å²) in [7, 11) is -3.61. The number of sulfonamides is 1. The quantitative estimate of drug-likeness (QED) is 0.353. The molecule has 1 aliphatic rings. The van der Waals surface area contributed by atoms with E-state index in [0.29, 0.717) is 35.3 Å². The lowest BCUT2D eigenvalue weighted by Crippen LogP contribution is -2.46. The SMILES string of the molecule is Cc1cc(C)c2nc(N(Cc3cccnc3)C(=O)C3CCCN(S(=O)(=O)c4cccs4)C3)sc2c1. The van der Waals surface area contributed by atoms with E-state index in [9.17, 15) is 13.2 Å². The molecule has 4 heterocycles. The van der Waals surface area contributed by atoms with Crippen LogP contribution in [0.15, 0.2) is 58.4 Å².